The summed E-state index contributed by atoms with van der Waals surface area (Å²) in [7, 11) is 0. The van der Waals surface area contributed by atoms with Crippen molar-refractivity contribution >= 4 is 11.9 Å². The van der Waals surface area contributed by atoms with E-state index in [0.717, 1.165) is 11.8 Å². The molecule has 1 aliphatic heterocycles. The molecule has 3 rings (SSSR count). The molecule has 1 amide bonds. The summed E-state index contributed by atoms with van der Waals surface area (Å²) in [6.45, 7) is 2.15. The van der Waals surface area contributed by atoms with Crippen molar-refractivity contribution in [2.75, 3.05) is 6.61 Å². The Balaban J connectivity index is 1.62. The number of carbonyl (C=O) groups is 2. The number of hydrogen-bond acceptors (Lipinski definition) is 3. The molecule has 1 heterocycles. The smallest absolute Gasteiger partial charge is 0.405 e. The van der Waals surface area contributed by atoms with Crippen LogP contribution < -0.4 is 5.32 Å². The topological polar surface area (TPSA) is 78.9 Å². The highest BCUT2D eigenvalue weighted by Gasteiger charge is 2.56. The van der Waals surface area contributed by atoms with E-state index in [0.29, 0.717) is 18.9 Å². The lowest BCUT2D eigenvalue weighted by Gasteiger charge is -2.18. The summed E-state index contributed by atoms with van der Waals surface area (Å²) in [6.07, 6.45) is 3.31. The summed E-state index contributed by atoms with van der Waals surface area (Å²) in [5, 5.41) is 11.2. The third kappa shape index (κ3) is 2.00. The highest BCUT2D eigenvalue weighted by molar-refractivity contribution is 5.95. The molecule has 0 aromatic carbocycles. The maximum Gasteiger partial charge on any atom is 0.405 e. The largest absolute Gasteiger partial charge is 0.465 e. The number of ketones is 1. The number of hydrogen-bond donors (Lipinski definition) is 2. The lowest BCUT2D eigenvalue weighted by atomic mass is 9.94. The molecule has 1 saturated heterocycles. The average molecular weight is 253 g/mol. The maximum atomic E-state index is 12.2. The van der Waals surface area contributed by atoms with E-state index in [1.54, 1.807) is 6.92 Å². The van der Waals surface area contributed by atoms with Gasteiger partial charge in [-0.05, 0) is 43.9 Å². The Kier molecular flexibility index (Phi) is 2.62. The highest BCUT2D eigenvalue weighted by atomic mass is 16.6. The molecule has 0 radical (unpaired) electrons. The van der Waals surface area contributed by atoms with Crippen LogP contribution in [-0.4, -0.2) is 35.2 Å². The Morgan fingerprint density at radius 3 is 2.56 bits per heavy atom. The lowest BCUT2D eigenvalue weighted by molar-refractivity contribution is -0.125. The SMILES string of the molecule is C[C@@]1(C(=O)[C@H](CC2C3CCCC32)NC(=O)O)CO1. The van der Waals surface area contributed by atoms with Gasteiger partial charge in [-0.25, -0.2) is 4.79 Å². The van der Waals surface area contributed by atoms with Gasteiger partial charge in [-0.15, -0.1) is 0 Å². The van der Waals surface area contributed by atoms with E-state index in [2.05, 4.69) is 5.32 Å². The average Bonchev–Trinajstić information content (AvgIpc) is 3.14. The number of epoxide rings is 1. The Bertz CT molecular complexity index is 380. The second-order valence-electron chi connectivity index (χ2n) is 6.04. The Labute approximate surface area is 106 Å². The summed E-state index contributed by atoms with van der Waals surface area (Å²) >= 11 is 0. The van der Waals surface area contributed by atoms with Crippen LogP contribution >= 0.6 is 0 Å². The first-order valence-electron chi connectivity index (χ1n) is 6.69. The molecule has 100 valence electrons. The maximum absolute atomic E-state index is 12.2. The summed E-state index contributed by atoms with van der Waals surface area (Å²) in [5.41, 5.74) is -0.739. The van der Waals surface area contributed by atoms with E-state index in [1.165, 1.54) is 19.3 Å². The van der Waals surface area contributed by atoms with Crippen LogP contribution in [0.3, 0.4) is 0 Å². The first-order valence-corrected chi connectivity index (χ1v) is 6.69. The molecule has 2 aliphatic carbocycles. The zero-order chi connectivity index (χ0) is 12.9. The molecule has 2 N–H and O–H groups in total. The van der Waals surface area contributed by atoms with Gasteiger partial charge in [0, 0.05) is 0 Å². The van der Waals surface area contributed by atoms with Crippen LogP contribution in [0.1, 0.15) is 32.6 Å². The fourth-order valence-corrected chi connectivity index (χ4v) is 3.59. The Morgan fingerprint density at radius 1 is 1.44 bits per heavy atom. The molecule has 2 unspecified atom stereocenters. The molecule has 3 fully saturated rings. The number of carbonyl (C=O) groups excluding carboxylic acids is 1. The van der Waals surface area contributed by atoms with Crippen molar-refractivity contribution in [1.29, 1.82) is 0 Å². The molecule has 5 heteroatoms. The molecule has 0 aromatic rings. The van der Waals surface area contributed by atoms with E-state index in [4.69, 9.17) is 9.84 Å². The molecular weight excluding hydrogens is 234 g/mol. The fourth-order valence-electron chi connectivity index (χ4n) is 3.59. The predicted molar refractivity (Wildman–Crippen MR) is 63.3 cm³/mol. The van der Waals surface area contributed by atoms with Gasteiger partial charge in [-0.1, -0.05) is 6.42 Å². The molecule has 0 bridgehead atoms. The number of rotatable bonds is 5. The second kappa shape index (κ2) is 3.95. The molecule has 18 heavy (non-hydrogen) atoms. The van der Waals surface area contributed by atoms with Gasteiger partial charge in [0.2, 0.25) is 0 Å². The monoisotopic (exact) mass is 253 g/mol. The van der Waals surface area contributed by atoms with Crippen LogP contribution in [0.4, 0.5) is 4.79 Å². The summed E-state index contributed by atoms with van der Waals surface area (Å²) < 4.78 is 5.13. The van der Waals surface area contributed by atoms with Crippen molar-refractivity contribution in [2.45, 2.75) is 44.2 Å². The van der Waals surface area contributed by atoms with Crippen molar-refractivity contribution in [2.24, 2.45) is 17.8 Å². The van der Waals surface area contributed by atoms with Gasteiger partial charge in [-0.2, -0.15) is 0 Å². The van der Waals surface area contributed by atoms with E-state index >= 15 is 0 Å². The van der Waals surface area contributed by atoms with Crippen molar-refractivity contribution in [1.82, 2.24) is 5.32 Å². The first kappa shape index (κ1) is 12.0. The third-order valence-electron chi connectivity index (χ3n) is 4.80. The minimum atomic E-state index is -1.12. The quantitative estimate of drug-likeness (QED) is 0.726. The van der Waals surface area contributed by atoms with E-state index in [-0.39, 0.29) is 5.78 Å². The van der Waals surface area contributed by atoms with Gasteiger partial charge in [0.05, 0.1) is 12.6 Å². The molecule has 2 saturated carbocycles. The number of nitrogens with one attached hydrogen (secondary N) is 1. The standard InChI is InChI=1S/C13H19NO4/c1-13(6-18-13)11(15)10(14-12(16)17)5-9-7-3-2-4-8(7)9/h7-10,14H,2-6H2,1H3,(H,16,17)/t7?,8?,9?,10-,13-/m0/s1. The molecule has 3 aliphatic rings. The lowest BCUT2D eigenvalue weighted by Crippen LogP contribution is -2.46. The van der Waals surface area contributed by atoms with Crippen molar-refractivity contribution in [3.8, 4) is 0 Å². The molecular formula is C13H19NO4. The highest BCUT2D eigenvalue weighted by Crippen LogP contribution is 2.59. The minimum Gasteiger partial charge on any atom is -0.465 e. The van der Waals surface area contributed by atoms with E-state index < -0.39 is 17.7 Å². The van der Waals surface area contributed by atoms with Gasteiger partial charge in [0.15, 0.2) is 5.78 Å². The molecule has 5 nitrogen and oxygen atoms in total. The zero-order valence-corrected chi connectivity index (χ0v) is 10.5. The van der Waals surface area contributed by atoms with Crippen LogP contribution in [0.5, 0.6) is 0 Å². The number of ether oxygens (including phenoxy) is 1. The Hall–Kier alpha value is -1.10. The summed E-state index contributed by atoms with van der Waals surface area (Å²) in [6, 6.07) is -0.592. The normalized spacial score (nSPS) is 41.9. The molecule has 0 aromatic heterocycles. The second-order valence-corrected chi connectivity index (χ2v) is 6.04. The van der Waals surface area contributed by atoms with Gasteiger partial charge in [0.25, 0.3) is 0 Å². The Morgan fingerprint density at radius 2 is 2.06 bits per heavy atom. The fraction of sp³-hybridized carbons (Fsp3) is 0.846. The van der Waals surface area contributed by atoms with Gasteiger partial charge >= 0.3 is 6.09 Å². The summed E-state index contributed by atoms with van der Waals surface area (Å²) in [5.74, 6) is 1.92. The zero-order valence-electron chi connectivity index (χ0n) is 10.5. The van der Waals surface area contributed by atoms with Crippen molar-refractivity contribution in [3.05, 3.63) is 0 Å². The number of amides is 1. The van der Waals surface area contributed by atoms with Crippen molar-refractivity contribution < 1.29 is 19.4 Å². The molecule has 0 spiro atoms. The minimum absolute atomic E-state index is 0.102. The molecule has 4 atom stereocenters. The number of fused-ring (bicyclic) bond motifs is 1. The number of carboxylic acid groups (broad SMARTS) is 1. The van der Waals surface area contributed by atoms with Crippen LogP contribution in [-0.2, 0) is 9.53 Å². The van der Waals surface area contributed by atoms with E-state index in [9.17, 15) is 9.59 Å². The van der Waals surface area contributed by atoms with Gasteiger partial charge in [0.1, 0.15) is 5.60 Å². The van der Waals surface area contributed by atoms with E-state index in [1.807, 2.05) is 0 Å². The third-order valence-corrected chi connectivity index (χ3v) is 4.80. The summed E-state index contributed by atoms with van der Waals surface area (Å²) in [4.78, 5) is 23.0. The predicted octanol–water partition coefficient (Wildman–Crippen LogP) is 1.42. The van der Waals surface area contributed by atoms with Gasteiger partial charge < -0.3 is 15.2 Å². The van der Waals surface area contributed by atoms with Crippen LogP contribution in [0.2, 0.25) is 0 Å². The van der Waals surface area contributed by atoms with Crippen LogP contribution in [0.15, 0.2) is 0 Å². The van der Waals surface area contributed by atoms with Crippen LogP contribution in [0, 0.1) is 17.8 Å². The number of Topliss-reactive ketones (excluding diaryl/α,β-unsaturated/α-hetero) is 1. The van der Waals surface area contributed by atoms with Crippen molar-refractivity contribution in [3.63, 3.8) is 0 Å². The van der Waals surface area contributed by atoms with Crippen LogP contribution in [0.25, 0.3) is 0 Å². The first-order chi connectivity index (χ1) is 8.51. The van der Waals surface area contributed by atoms with Gasteiger partial charge in [-0.3, -0.25) is 4.79 Å².